The van der Waals surface area contributed by atoms with Gasteiger partial charge in [0.05, 0.1) is 0 Å². The van der Waals surface area contributed by atoms with Crippen LogP contribution in [0.1, 0.15) is 25.3 Å². The van der Waals surface area contributed by atoms with Crippen molar-refractivity contribution in [3.8, 4) is 0 Å². The lowest BCUT2D eigenvalue weighted by Gasteiger charge is -2.24. The van der Waals surface area contributed by atoms with Crippen molar-refractivity contribution < 1.29 is 4.79 Å². The topological polar surface area (TPSA) is 46.3 Å². The summed E-state index contributed by atoms with van der Waals surface area (Å²) in [6.45, 7) is 3.50. The third-order valence-corrected chi connectivity index (χ3v) is 3.93. The van der Waals surface area contributed by atoms with Crippen LogP contribution >= 0.6 is 12.4 Å². The van der Waals surface area contributed by atoms with E-state index in [0.29, 0.717) is 24.9 Å². The number of benzene rings is 1. The lowest BCUT2D eigenvalue weighted by Crippen LogP contribution is -2.37. The van der Waals surface area contributed by atoms with Crippen molar-refractivity contribution in [3.63, 3.8) is 0 Å². The summed E-state index contributed by atoms with van der Waals surface area (Å²) in [4.78, 5) is 13.9. The molecule has 1 aliphatic rings. The third-order valence-electron chi connectivity index (χ3n) is 3.93. The van der Waals surface area contributed by atoms with Crippen LogP contribution in [0.5, 0.6) is 0 Å². The Bertz CT molecular complexity index is 396. The maximum absolute atomic E-state index is 11.9. The number of nitrogens with two attached hydrogens (primary N) is 1. The van der Waals surface area contributed by atoms with Gasteiger partial charge in [0.25, 0.3) is 0 Å². The monoisotopic (exact) mass is 282 g/mol. The number of carbonyl (C=O) groups excluding carboxylic acids is 1. The van der Waals surface area contributed by atoms with Crippen molar-refractivity contribution in [2.24, 2.45) is 11.7 Å². The standard InChI is InChI=1S/C15H22N2O.ClH/c1-12-14(11-13-5-3-2-4-6-13)8-10-17(12)15(18)7-9-16;/h2-6,12,14H,7-11,16H2,1H3;1H. The summed E-state index contributed by atoms with van der Waals surface area (Å²) in [7, 11) is 0. The number of rotatable bonds is 4. The average molecular weight is 283 g/mol. The van der Waals surface area contributed by atoms with E-state index in [2.05, 4.69) is 31.2 Å². The van der Waals surface area contributed by atoms with Gasteiger partial charge in [0.15, 0.2) is 0 Å². The smallest absolute Gasteiger partial charge is 0.224 e. The van der Waals surface area contributed by atoms with E-state index < -0.39 is 0 Å². The summed E-state index contributed by atoms with van der Waals surface area (Å²) < 4.78 is 0. The predicted octanol–water partition coefficient (Wildman–Crippen LogP) is 2.24. The molecule has 2 rings (SSSR count). The molecule has 2 N–H and O–H groups in total. The van der Waals surface area contributed by atoms with Gasteiger partial charge < -0.3 is 10.6 Å². The van der Waals surface area contributed by atoms with Crippen molar-refractivity contribution in [1.82, 2.24) is 4.90 Å². The first kappa shape index (κ1) is 16.0. The van der Waals surface area contributed by atoms with E-state index in [-0.39, 0.29) is 18.3 Å². The zero-order valence-electron chi connectivity index (χ0n) is 11.4. The highest BCUT2D eigenvalue weighted by atomic mass is 35.5. The SMILES string of the molecule is CC1C(Cc2ccccc2)CCN1C(=O)CCN.Cl. The number of nitrogens with zero attached hydrogens (tertiary/aromatic N) is 1. The van der Waals surface area contributed by atoms with Crippen molar-refractivity contribution >= 4 is 18.3 Å². The minimum Gasteiger partial charge on any atom is -0.340 e. The van der Waals surface area contributed by atoms with Crippen LogP contribution in [-0.4, -0.2) is 29.9 Å². The van der Waals surface area contributed by atoms with Crippen molar-refractivity contribution in [3.05, 3.63) is 35.9 Å². The lowest BCUT2D eigenvalue weighted by atomic mass is 9.93. The molecule has 0 aromatic heterocycles. The normalized spacial score (nSPS) is 22.1. The Morgan fingerprint density at radius 3 is 2.68 bits per heavy atom. The van der Waals surface area contributed by atoms with E-state index >= 15 is 0 Å². The van der Waals surface area contributed by atoms with E-state index in [9.17, 15) is 4.79 Å². The van der Waals surface area contributed by atoms with Crippen LogP contribution in [0, 0.1) is 5.92 Å². The van der Waals surface area contributed by atoms with Crippen molar-refractivity contribution in [2.75, 3.05) is 13.1 Å². The molecule has 1 heterocycles. The Morgan fingerprint density at radius 1 is 1.37 bits per heavy atom. The second-order valence-corrected chi connectivity index (χ2v) is 5.10. The summed E-state index contributed by atoms with van der Waals surface area (Å²) in [5.41, 5.74) is 6.82. The fourth-order valence-electron chi connectivity index (χ4n) is 2.81. The van der Waals surface area contributed by atoms with Gasteiger partial charge in [0, 0.05) is 25.6 Å². The Morgan fingerprint density at radius 2 is 2.05 bits per heavy atom. The molecule has 2 atom stereocenters. The van der Waals surface area contributed by atoms with Gasteiger partial charge in [0.2, 0.25) is 5.91 Å². The molecule has 106 valence electrons. The number of likely N-dealkylation sites (tertiary alicyclic amines) is 1. The van der Waals surface area contributed by atoms with Gasteiger partial charge in [-0.15, -0.1) is 12.4 Å². The van der Waals surface area contributed by atoms with Gasteiger partial charge in [-0.25, -0.2) is 0 Å². The molecule has 4 heteroatoms. The molecule has 1 fully saturated rings. The molecule has 0 aliphatic carbocycles. The fourth-order valence-corrected chi connectivity index (χ4v) is 2.81. The Hall–Kier alpha value is -1.06. The van der Waals surface area contributed by atoms with E-state index in [0.717, 1.165) is 19.4 Å². The lowest BCUT2D eigenvalue weighted by molar-refractivity contribution is -0.131. The number of carbonyl (C=O) groups is 1. The molecular formula is C15H23ClN2O. The molecular weight excluding hydrogens is 260 g/mol. The van der Waals surface area contributed by atoms with Gasteiger partial charge >= 0.3 is 0 Å². The fraction of sp³-hybridized carbons (Fsp3) is 0.533. The number of hydrogen-bond acceptors (Lipinski definition) is 2. The quantitative estimate of drug-likeness (QED) is 0.921. The Kier molecular flexibility index (Phi) is 6.32. The van der Waals surface area contributed by atoms with Crippen LogP contribution in [0.2, 0.25) is 0 Å². The molecule has 0 radical (unpaired) electrons. The summed E-state index contributed by atoms with van der Waals surface area (Å²) in [6, 6.07) is 10.9. The first-order valence-corrected chi connectivity index (χ1v) is 6.76. The minimum absolute atomic E-state index is 0. The molecule has 2 unspecified atom stereocenters. The van der Waals surface area contributed by atoms with Crippen LogP contribution < -0.4 is 5.73 Å². The van der Waals surface area contributed by atoms with E-state index in [1.807, 2.05) is 11.0 Å². The summed E-state index contributed by atoms with van der Waals surface area (Å²) in [5, 5.41) is 0. The Labute approximate surface area is 121 Å². The van der Waals surface area contributed by atoms with Gasteiger partial charge in [-0.05, 0) is 31.2 Å². The second-order valence-electron chi connectivity index (χ2n) is 5.10. The first-order valence-electron chi connectivity index (χ1n) is 6.76. The number of halogens is 1. The molecule has 3 nitrogen and oxygen atoms in total. The zero-order chi connectivity index (χ0) is 13.0. The highest BCUT2D eigenvalue weighted by Gasteiger charge is 2.32. The molecule has 1 aliphatic heterocycles. The van der Waals surface area contributed by atoms with Gasteiger partial charge in [-0.3, -0.25) is 4.79 Å². The van der Waals surface area contributed by atoms with Gasteiger partial charge in [0.1, 0.15) is 0 Å². The highest BCUT2D eigenvalue weighted by Crippen LogP contribution is 2.27. The molecule has 1 aromatic rings. The van der Waals surface area contributed by atoms with Crippen LogP contribution in [0.15, 0.2) is 30.3 Å². The van der Waals surface area contributed by atoms with E-state index in [1.54, 1.807) is 0 Å². The molecule has 1 aromatic carbocycles. The highest BCUT2D eigenvalue weighted by molar-refractivity contribution is 5.85. The van der Waals surface area contributed by atoms with Crippen LogP contribution in [0.25, 0.3) is 0 Å². The van der Waals surface area contributed by atoms with E-state index in [1.165, 1.54) is 5.56 Å². The predicted molar refractivity (Wildman–Crippen MR) is 80.3 cm³/mol. The summed E-state index contributed by atoms with van der Waals surface area (Å²) in [5.74, 6) is 0.787. The first-order chi connectivity index (χ1) is 8.72. The second kappa shape index (κ2) is 7.51. The van der Waals surface area contributed by atoms with Crippen LogP contribution in [0.3, 0.4) is 0 Å². The largest absolute Gasteiger partial charge is 0.340 e. The minimum atomic E-state index is 0. The number of hydrogen-bond donors (Lipinski definition) is 1. The van der Waals surface area contributed by atoms with Crippen molar-refractivity contribution in [1.29, 1.82) is 0 Å². The molecule has 0 bridgehead atoms. The average Bonchev–Trinajstić information content (AvgIpc) is 2.73. The molecule has 0 spiro atoms. The maximum Gasteiger partial charge on any atom is 0.224 e. The molecule has 19 heavy (non-hydrogen) atoms. The van der Waals surface area contributed by atoms with Gasteiger partial charge in [-0.2, -0.15) is 0 Å². The van der Waals surface area contributed by atoms with E-state index in [4.69, 9.17) is 5.73 Å². The van der Waals surface area contributed by atoms with Crippen LogP contribution in [-0.2, 0) is 11.2 Å². The zero-order valence-corrected chi connectivity index (χ0v) is 12.2. The van der Waals surface area contributed by atoms with Crippen molar-refractivity contribution in [2.45, 2.75) is 32.2 Å². The molecule has 1 amide bonds. The summed E-state index contributed by atoms with van der Waals surface area (Å²) >= 11 is 0. The van der Waals surface area contributed by atoms with Gasteiger partial charge in [-0.1, -0.05) is 30.3 Å². The third kappa shape index (κ3) is 3.95. The molecule has 0 saturated carbocycles. The summed E-state index contributed by atoms with van der Waals surface area (Å²) in [6.07, 6.45) is 2.64. The Balaban J connectivity index is 0.00000180. The van der Waals surface area contributed by atoms with Crippen LogP contribution in [0.4, 0.5) is 0 Å². The molecule has 1 saturated heterocycles. The maximum atomic E-state index is 11.9. The number of amides is 1.